The molecule has 0 radical (unpaired) electrons. The van der Waals surface area contributed by atoms with Gasteiger partial charge in [-0.05, 0) is 17.0 Å². The highest BCUT2D eigenvalue weighted by Crippen LogP contribution is 2.31. The summed E-state index contributed by atoms with van der Waals surface area (Å²) in [5, 5.41) is 4.77. The number of nitrogens with zero attached hydrogens (tertiary/aromatic N) is 6. The summed E-state index contributed by atoms with van der Waals surface area (Å²) in [6, 6.07) is 15.4. The van der Waals surface area contributed by atoms with Crippen LogP contribution in [0.25, 0.3) is 28.4 Å². The quantitative estimate of drug-likeness (QED) is 0.316. The Morgan fingerprint density at radius 2 is 1.69 bits per heavy atom. The van der Waals surface area contributed by atoms with Crippen molar-refractivity contribution in [3.8, 4) is 22.8 Å². The second-order valence-corrected chi connectivity index (χ2v) is 8.78. The summed E-state index contributed by atoms with van der Waals surface area (Å²) in [5.74, 6) is 1.24. The minimum atomic E-state index is -4.48. The van der Waals surface area contributed by atoms with Gasteiger partial charge in [-0.25, -0.2) is 14.5 Å². The first-order valence-corrected chi connectivity index (χ1v) is 11.2. The second-order valence-electron chi connectivity index (χ2n) is 8.78. The lowest BCUT2D eigenvalue weighted by Crippen LogP contribution is -2.04. The molecule has 0 saturated heterocycles. The average Bonchev–Trinajstić information content (AvgIpc) is 3.44. The van der Waals surface area contributed by atoms with Gasteiger partial charge in [-0.15, -0.1) is 5.10 Å². The topological polar surface area (TPSA) is 60.9 Å². The Morgan fingerprint density at radius 3 is 2.37 bits per heavy atom. The monoisotopic (exact) mass is 476 g/mol. The zero-order valence-corrected chi connectivity index (χ0v) is 19.5. The fourth-order valence-corrected chi connectivity index (χ4v) is 4.15. The molecule has 0 aliphatic carbocycles. The van der Waals surface area contributed by atoms with Gasteiger partial charge >= 0.3 is 6.18 Å². The van der Waals surface area contributed by atoms with Crippen LogP contribution in [0.15, 0.2) is 67.1 Å². The van der Waals surface area contributed by atoms with Gasteiger partial charge in [0.15, 0.2) is 17.2 Å². The number of alkyl halides is 3. The molecule has 35 heavy (non-hydrogen) atoms. The lowest BCUT2D eigenvalue weighted by molar-refractivity contribution is -0.140. The summed E-state index contributed by atoms with van der Waals surface area (Å²) in [4.78, 5) is 12.8. The van der Waals surface area contributed by atoms with Gasteiger partial charge in [0.05, 0.1) is 11.9 Å². The summed E-state index contributed by atoms with van der Waals surface area (Å²) in [6.07, 6.45) is 0.486. The number of halogens is 3. The van der Waals surface area contributed by atoms with Crippen LogP contribution in [0.1, 0.15) is 42.3 Å². The van der Waals surface area contributed by atoms with Crippen molar-refractivity contribution in [3.05, 3.63) is 89.6 Å². The molecule has 0 bridgehead atoms. The van der Waals surface area contributed by atoms with Crippen molar-refractivity contribution in [3.63, 3.8) is 0 Å². The number of aryl methyl sites for hydroxylation is 1. The molecule has 2 aromatic carbocycles. The minimum absolute atomic E-state index is 0.261. The zero-order chi connectivity index (χ0) is 24.7. The van der Waals surface area contributed by atoms with E-state index in [1.54, 1.807) is 36.1 Å². The molecule has 0 spiro atoms. The Morgan fingerprint density at radius 1 is 0.943 bits per heavy atom. The summed E-state index contributed by atoms with van der Waals surface area (Å²) >= 11 is 0. The zero-order valence-electron chi connectivity index (χ0n) is 19.5. The van der Waals surface area contributed by atoms with Crippen molar-refractivity contribution in [1.29, 1.82) is 0 Å². The number of fused-ring (bicyclic) bond motifs is 1. The fraction of sp³-hybridized carbons (Fsp3) is 0.231. The Bertz CT molecular complexity index is 1500. The number of imidazole rings is 1. The van der Waals surface area contributed by atoms with Crippen LogP contribution in [-0.2, 0) is 19.6 Å². The Kier molecular flexibility index (Phi) is 5.62. The SMILES string of the molecule is CC(C)c1ccccc1-c1nc2cncc(Cc3ccc(-c4nc(C(F)(F)F)cn4C)cc3)n2n1. The third-order valence-electron chi connectivity index (χ3n) is 5.91. The van der Waals surface area contributed by atoms with Gasteiger partial charge in [0.25, 0.3) is 0 Å². The lowest BCUT2D eigenvalue weighted by Gasteiger charge is -2.09. The lowest BCUT2D eigenvalue weighted by atomic mass is 9.97. The molecule has 178 valence electrons. The number of benzene rings is 2. The van der Waals surface area contributed by atoms with Crippen LogP contribution in [0, 0.1) is 0 Å². The second kappa shape index (κ2) is 8.65. The standard InChI is InChI=1S/C26H23F3N6/c1-16(2)20-6-4-5-7-21(20)24-32-23-14-30-13-19(35(23)33-24)12-17-8-10-18(11-9-17)25-31-22(15-34(25)3)26(27,28)29/h4-11,13-16H,12H2,1-3H3. The van der Waals surface area contributed by atoms with Gasteiger partial charge in [0, 0.05) is 37.0 Å². The van der Waals surface area contributed by atoms with E-state index in [2.05, 4.69) is 29.9 Å². The van der Waals surface area contributed by atoms with Crippen molar-refractivity contribution in [2.45, 2.75) is 32.4 Å². The Balaban J connectivity index is 1.44. The van der Waals surface area contributed by atoms with E-state index in [0.717, 1.165) is 23.0 Å². The molecule has 0 saturated carbocycles. The fourth-order valence-electron chi connectivity index (χ4n) is 4.15. The maximum Gasteiger partial charge on any atom is 0.434 e. The van der Waals surface area contributed by atoms with E-state index in [1.165, 1.54) is 10.1 Å². The first-order valence-electron chi connectivity index (χ1n) is 11.2. The summed E-state index contributed by atoms with van der Waals surface area (Å²) < 4.78 is 42.2. The molecule has 0 aliphatic rings. The van der Waals surface area contributed by atoms with Gasteiger partial charge in [0.2, 0.25) is 0 Å². The highest BCUT2D eigenvalue weighted by Gasteiger charge is 2.34. The van der Waals surface area contributed by atoms with Crippen LogP contribution in [0.3, 0.4) is 0 Å². The van der Waals surface area contributed by atoms with Crippen molar-refractivity contribution >= 4 is 5.65 Å². The van der Waals surface area contributed by atoms with E-state index < -0.39 is 11.9 Å². The maximum absolute atomic E-state index is 13.0. The third-order valence-corrected chi connectivity index (χ3v) is 5.91. The van der Waals surface area contributed by atoms with Crippen molar-refractivity contribution in [2.24, 2.45) is 7.05 Å². The highest BCUT2D eigenvalue weighted by atomic mass is 19.4. The van der Waals surface area contributed by atoms with Crippen molar-refractivity contribution in [1.82, 2.24) is 29.1 Å². The van der Waals surface area contributed by atoms with Crippen LogP contribution in [0.2, 0.25) is 0 Å². The normalized spacial score (nSPS) is 12.1. The van der Waals surface area contributed by atoms with Gasteiger partial charge < -0.3 is 4.57 Å². The summed E-state index contributed by atoms with van der Waals surface area (Å²) in [7, 11) is 1.55. The molecule has 5 rings (SSSR count). The molecule has 3 aromatic heterocycles. The van der Waals surface area contributed by atoms with E-state index in [4.69, 9.17) is 10.1 Å². The summed E-state index contributed by atoms with van der Waals surface area (Å²) in [5.41, 5.74) is 4.35. The van der Waals surface area contributed by atoms with Crippen molar-refractivity contribution < 1.29 is 13.2 Å². The van der Waals surface area contributed by atoms with Crippen LogP contribution < -0.4 is 0 Å². The predicted octanol–water partition coefficient (Wildman–Crippen LogP) is 5.92. The van der Waals surface area contributed by atoms with Crippen LogP contribution in [-0.4, -0.2) is 29.1 Å². The highest BCUT2D eigenvalue weighted by molar-refractivity contribution is 5.63. The molecule has 3 heterocycles. The van der Waals surface area contributed by atoms with Gasteiger partial charge in [-0.3, -0.25) is 4.98 Å². The van der Waals surface area contributed by atoms with E-state index in [9.17, 15) is 13.2 Å². The molecular weight excluding hydrogens is 453 g/mol. The molecule has 0 aliphatic heterocycles. The number of aromatic nitrogens is 6. The number of hydrogen-bond donors (Lipinski definition) is 0. The molecule has 9 heteroatoms. The molecule has 0 amide bonds. The van der Waals surface area contributed by atoms with Crippen LogP contribution in [0.4, 0.5) is 13.2 Å². The molecule has 0 atom stereocenters. The Hall–Kier alpha value is -4.01. The Labute approximate surface area is 200 Å². The van der Waals surface area contributed by atoms with Gasteiger partial charge in [-0.1, -0.05) is 62.4 Å². The molecule has 0 N–H and O–H groups in total. The molecule has 0 unspecified atom stereocenters. The smallest absolute Gasteiger partial charge is 0.333 e. The molecule has 5 aromatic rings. The first-order chi connectivity index (χ1) is 16.7. The summed E-state index contributed by atoms with van der Waals surface area (Å²) in [6.45, 7) is 4.28. The largest absolute Gasteiger partial charge is 0.434 e. The molecule has 0 fully saturated rings. The maximum atomic E-state index is 13.0. The van der Waals surface area contributed by atoms with Gasteiger partial charge in [-0.2, -0.15) is 13.2 Å². The van der Waals surface area contributed by atoms with Crippen LogP contribution >= 0.6 is 0 Å². The number of rotatable bonds is 5. The minimum Gasteiger partial charge on any atom is -0.333 e. The van der Waals surface area contributed by atoms with Gasteiger partial charge in [0.1, 0.15) is 5.82 Å². The van der Waals surface area contributed by atoms with E-state index in [1.807, 2.05) is 30.3 Å². The third kappa shape index (κ3) is 4.41. The van der Waals surface area contributed by atoms with E-state index >= 15 is 0 Å². The first kappa shape index (κ1) is 22.8. The van der Waals surface area contributed by atoms with Crippen molar-refractivity contribution in [2.75, 3.05) is 0 Å². The molecular formula is C26H23F3N6. The molecule has 6 nitrogen and oxygen atoms in total. The average molecular weight is 477 g/mol. The number of hydrogen-bond acceptors (Lipinski definition) is 4. The van der Waals surface area contributed by atoms with E-state index in [-0.39, 0.29) is 5.82 Å². The predicted molar refractivity (Wildman–Crippen MR) is 127 cm³/mol. The van der Waals surface area contributed by atoms with Crippen LogP contribution in [0.5, 0.6) is 0 Å². The van der Waals surface area contributed by atoms with E-state index in [0.29, 0.717) is 29.4 Å².